The van der Waals surface area contributed by atoms with Crippen molar-refractivity contribution in [3.05, 3.63) is 59.4 Å². The van der Waals surface area contributed by atoms with Crippen LogP contribution >= 0.6 is 11.6 Å². The number of halogens is 1. The number of rotatable bonds is 5. The lowest BCUT2D eigenvalue weighted by atomic mass is 10.0. The molecular weight excluding hydrogens is 390 g/mol. The van der Waals surface area contributed by atoms with E-state index >= 15 is 0 Å². The Kier molecular flexibility index (Phi) is 4.63. The van der Waals surface area contributed by atoms with Gasteiger partial charge in [-0.05, 0) is 36.4 Å². The van der Waals surface area contributed by atoms with Gasteiger partial charge >= 0.3 is 0 Å². The SMILES string of the molecule is COc1ccc(S(=O)(=O)N2CC(c3nc(-c4cccc(Cl)c4)no3)C2)cc1. The number of aromatic nitrogens is 2. The van der Waals surface area contributed by atoms with E-state index in [4.69, 9.17) is 20.9 Å². The summed E-state index contributed by atoms with van der Waals surface area (Å²) in [6, 6.07) is 13.5. The van der Waals surface area contributed by atoms with Crippen LogP contribution in [0.25, 0.3) is 11.4 Å². The third-order valence-corrected chi connectivity index (χ3v) is 6.50. The van der Waals surface area contributed by atoms with Crippen molar-refractivity contribution in [3.63, 3.8) is 0 Å². The van der Waals surface area contributed by atoms with Crippen LogP contribution < -0.4 is 4.74 Å². The van der Waals surface area contributed by atoms with Crippen LogP contribution in [0.4, 0.5) is 0 Å². The van der Waals surface area contributed by atoms with Gasteiger partial charge in [-0.15, -0.1) is 0 Å². The number of benzene rings is 2. The molecule has 1 aliphatic heterocycles. The molecule has 0 atom stereocenters. The smallest absolute Gasteiger partial charge is 0.243 e. The molecule has 0 saturated carbocycles. The van der Waals surface area contributed by atoms with Crippen LogP contribution in [-0.2, 0) is 10.0 Å². The highest BCUT2D eigenvalue weighted by atomic mass is 35.5. The molecule has 27 heavy (non-hydrogen) atoms. The molecule has 0 unspecified atom stereocenters. The third kappa shape index (κ3) is 3.43. The summed E-state index contributed by atoms with van der Waals surface area (Å²) in [5, 5.41) is 4.55. The molecule has 2 heterocycles. The summed E-state index contributed by atoms with van der Waals surface area (Å²) in [6.45, 7) is 0.594. The highest BCUT2D eigenvalue weighted by Gasteiger charge is 2.40. The third-order valence-electron chi connectivity index (χ3n) is 4.42. The first-order chi connectivity index (χ1) is 13.0. The Morgan fingerprint density at radius 2 is 1.93 bits per heavy atom. The Morgan fingerprint density at radius 3 is 2.59 bits per heavy atom. The second-order valence-corrected chi connectivity index (χ2v) is 8.54. The molecule has 0 radical (unpaired) electrons. The molecule has 0 amide bonds. The van der Waals surface area contributed by atoms with Crippen LogP contribution in [0.2, 0.25) is 5.02 Å². The van der Waals surface area contributed by atoms with Gasteiger partial charge in [-0.1, -0.05) is 28.9 Å². The summed E-state index contributed by atoms with van der Waals surface area (Å²) in [7, 11) is -2.02. The summed E-state index contributed by atoms with van der Waals surface area (Å²) in [6.07, 6.45) is 0. The van der Waals surface area contributed by atoms with Crippen LogP contribution in [-0.4, -0.2) is 43.1 Å². The molecular formula is C18H16ClN3O4S. The summed E-state index contributed by atoms with van der Waals surface area (Å²) in [4.78, 5) is 4.61. The fourth-order valence-corrected chi connectivity index (χ4v) is 4.55. The van der Waals surface area contributed by atoms with Gasteiger partial charge < -0.3 is 9.26 Å². The van der Waals surface area contributed by atoms with Crippen LogP contribution in [0.15, 0.2) is 57.9 Å². The van der Waals surface area contributed by atoms with Gasteiger partial charge in [-0.2, -0.15) is 9.29 Å². The molecule has 0 spiro atoms. The summed E-state index contributed by atoms with van der Waals surface area (Å²) < 4.78 is 37.1. The van der Waals surface area contributed by atoms with Crippen molar-refractivity contribution in [1.82, 2.24) is 14.4 Å². The molecule has 1 fully saturated rings. The zero-order valence-corrected chi connectivity index (χ0v) is 15.9. The Morgan fingerprint density at radius 1 is 1.19 bits per heavy atom. The number of sulfonamides is 1. The van der Waals surface area contributed by atoms with Crippen LogP contribution in [0, 0.1) is 0 Å². The van der Waals surface area contributed by atoms with Crippen LogP contribution in [0.3, 0.4) is 0 Å². The molecule has 1 aromatic heterocycles. The van der Waals surface area contributed by atoms with Gasteiger partial charge in [0.1, 0.15) is 5.75 Å². The van der Waals surface area contributed by atoms with E-state index in [9.17, 15) is 8.42 Å². The average molecular weight is 406 g/mol. The minimum Gasteiger partial charge on any atom is -0.497 e. The van der Waals surface area contributed by atoms with E-state index in [-0.39, 0.29) is 10.8 Å². The van der Waals surface area contributed by atoms with E-state index in [1.165, 1.54) is 23.5 Å². The fraction of sp³-hybridized carbons (Fsp3) is 0.222. The van der Waals surface area contributed by atoms with E-state index in [0.29, 0.717) is 35.6 Å². The highest BCUT2D eigenvalue weighted by molar-refractivity contribution is 7.89. The molecule has 4 rings (SSSR count). The Bertz CT molecular complexity index is 1060. The van der Waals surface area contributed by atoms with Crippen molar-refractivity contribution in [2.75, 3.05) is 20.2 Å². The highest BCUT2D eigenvalue weighted by Crippen LogP contribution is 2.32. The molecule has 0 bridgehead atoms. The van der Waals surface area contributed by atoms with Crippen LogP contribution in [0.5, 0.6) is 5.75 Å². The molecule has 0 N–H and O–H groups in total. The lowest BCUT2D eigenvalue weighted by molar-refractivity contribution is 0.217. The van der Waals surface area contributed by atoms with Gasteiger partial charge in [-0.25, -0.2) is 8.42 Å². The van der Waals surface area contributed by atoms with Gasteiger partial charge in [0.2, 0.25) is 21.7 Å². The molecule has 9 heteroatoms. The molecule has 3 aromatic rings. The number of methoxy groups -OCH3 is 1. The quantitative estimate of drug-likeness (QED) is 0.648. The van der Waals surface area contributed by atoms with Gasteiger partial charge in [0.05, 0.1) is 17.9 Å². The maximum absolute atomic E-state index is 12.7. The number of hydrogen-bond donors (Lipinski definition) is 0. The number of ether oxygens (including phenoxy) is 1. The van der Waals surface area contributed by atoms with Crippen molar-refractivity contribution in [2.45, 2.75) is 10.8 Å². The molecule has 7 nitrogen and oxygen atoms in total. The second-order valence-electron chi connectivity index (χ2n) is 6.16. The van der Waals surface area contributed by atoms with Gasteiger partial charge in [0.15, 0.2) is 0 Å². The van der Waals surface area contributed by atoms with E-state index in [0.717, 1.165) is 5.56 Å². The van der Waals surface area contributed by atoms with Crippen molar-refractivity contribution in [1.29, 1.82) is 0 Å². The van der Waals surface area contributed by atoms with Crippen molar-refractivity contribution in [2.24, 2.45) is 0 Å². The average Bonchev–Trinajstić information content (AvgIpc) is 3.10. The molecule has 1 saturated heterocycles. The normalized spacial score (nSPS) is 15.5. The molecule has 140 valence electrons. The maximum Gasteiger partial charge on any atom is 0.243 e. The predicted molar refractivity (Wildman–Crippen MR) is 99.2 cm³/mol. The lowest BCUT2D eigenvalue weighted by Crippen LogP contribution is -2.48. The first kappa shape index (κ1) is 18.0. The maximum atomic E-state index is 12.7. The minimum atomic E-state index is -3.55. The number of hydrogen-bond acceptors (Lipinski definition) is 6. The van der Waals surface area contributed by atoms with Gasteiger partial charge in [0, 0.05) is 23.7 Å². The van der Waals surface area contributed by atoms with Gasteiger partial charge in [0.25, 0.3) is 0 Å². The topological polar surface area (TPSA) is 85.5 Å². The zero-order valence-electron chi connectivity index (χ0n) is 14.4. The van der Waals surface area contributed by atoms with E-state index < -0.39 is 10.0 Å². The standard InChI is InChI=1S/C18H16ClN3O4S/c1-25-15-5-7-16(8-6-15)27(23,24)22-10-13(11-22)18-20-17(21-26-18)12-3-2-4-14(19)9-12/h2-9,13H,10-11H2,1H3. The fourth-order valence-electron chi connectivity index (χ4n) is 2.83. The van der Waals surface area contributed by atoms with Crippen molar-refractivity contribution < 1.29 is 17.7 Å². The van der Waals surface area contributed by atoms with Crippen molar-refractivity contribution in [3.8, 4) is 17.1 Å². The monoisotopic (exact) mass is 405 g/mol. The predicted octanol–water partition coefficient (Wildman–Crippen LogP) is 3.19. The summed E-state index contributed by atoms with van der Waals surface area (Å²) in [5.41, 5.74) is 0.750. The summed E-state index contributed by atoms with van der Waals surface area (Å²) in [5.74, 6) is 1.34. The second kappa shape index (κ2) is 6.95. The molecule has 1 aliphatic rings. The first-order valence-electron chi connectivity index (χ1n) is 8.21. The summed E-state index contributed by atoms with van der Waals surface area (Å²) >= 11 is 5.98. The largest absolute Gasteiger partial charge is 0.497 e. The number of nitrogens with zero attached hydrogens (tertiary/aromatic N) is 3. The first-order valence-corrected chi connectivity index (χ1v) is 10.0. The van der Waals surface area contributed by atoms with E-state index in [2.05, 4.69) is 10.1 Å². The minimum absolute atomic E-state index is 0.126. The zero-order chi connectivity index (χ0) is 19.0. The van der Waals surface area contributed by atoms with Crippen LogP contribution in [0.1, 0.15) is 11.8 Å². The van der Waals surface area contributed by atoms with Crippen molar-refractivity contribution >= 4 is 21.6 Å². The Labute approximate surface area is 161 Å². The molecule has 0 aliphatic carbocycles. The Hall–Kier alpha value is -2.42. The lowest BCUT2D eigenvalue weighted by Gasteiger charge is -2.35. The van der Waals surface area contributed by atoms with E-state index in [1.807, 2.05) is 6.07 Å². The molecule has 2 aromatic carbocycles. The van der Waals surface area contributed by atoms with Gasteiger partial charge in [-0.3, -0.25) is 0 Å². The van der Waals surface area contributed by atoms with E-state index in [1.54, 1.807) is 30.3 Å². The Balaban J connectivity index is 1.46.